The Morgan fingerprint density at radius 1 is 1.56 bits per heavy atom. The number of hydrogen-bond donors (Lipinski definition) is 0. The van der Waals surface area contributed by atoms with Gasteiger partial charge in [0.1, 0.15) is 12.4 Å². The summed E-state index contributed by atoms with van der Waals surface area (Å²) in [5.74, 6) is 0.830. The number of pyridine rings is 1. The normalized spacial score (nSPS) is 25.9. The highest BCUT2D eigenvalue weighted by Gasteiger charge is 2.29. The molecule has 0 radical (unpaired) electrons. The van der Waals surface area contributed by atoms with E-state index in [9.17, 15) is 0 Å². The number of ether oxygens (including phenoxy) is 2. The average molecular weight is 222 g/mol. The number of aromatic nitrogens is 1. The molecule has 1 aliphatic heterocycles. The first kappa shape index (κ1) is 11.4. The van der Waals surface area contributed by atoms with Crippen LogP contribution < -0.4 is 4.74 Å². The molecule has 1 unspecified atom stereocenters. The van der Waals surface area contributed by atoms with Crippen LogP contribution in [0.5, 0.6) is 5.75 Å². The van der Waals surface area contributed by atoms with Crippen LogP contribution in [0.3, 0.4) is 0 Å². The van der Waals surface area contributed by atoms with E-state index in [2.05, 4.69) is 16.9 Å². The fourth-order valence-corrected chi connectivity index (χ4v) is 2.02. The Hall–Kier alpha value is -1.13. The van der Waals surface area contributed by atoms with Gasteiger partial charge in [-0.2, -0.15) is 0 Å². The third-order valence-corrected chi connectivity index (χ3v) is 3.06. The highest BCUT2D eigenvalue weighted by atomic mass is 16.5. The second kappa shape index (κ2) is 5.27. The molecule has 2 heterocycles. The highest BCUT2D eigenvalue weighted by molar-refractivity contribution is 5.15. The van der Waals surface area contributed by atoms with E-state index in [4.69, 9.17) is 9.47 Å². The Bertz CT molecular complexity index is 318. The van der Waals surface area contributed by atoms with Crippen LogP contribution in [0.4, 0.5) is 0 Å². The molecule has 0 saturated carbocycles. The molecule has 2 atom stereocenters. The van der Waals surface area contributed by atoms with Gasteiger partial charge >= 0.3 is 0 Å². The van der Waals surface area contributed by atoms with Gasteiger partial charge in [0.2, 0.25) is 0 Å². The summed E-state index contributed by atoms with van der Waals surface area (Å²) in [6, 6.07) is 4.24. The third-order valence-electron chi connectivity index (χ3n) is 3.06. The van der Waals surface area contributed by atoms with Crippen molar-refractivity contribution in [1.29, 1.82) is 0 Å². The van der Waals surface area contributed by atoms with Crippen molar-refractivity contribution in [1.82, 2.24) is 9.88 Å². The number of methoxy groups -OCH3 is 1. The summed E-state index contributed by atoms with van der Waals surface area (Å²) < 4.78 is 11.0. The fourth-order valence-electron chi connectivity index (χ4n) is 2.02. The van der Waals surface area contributed by atoms with E-state index < -0.39 is 0 Å². The highest BCUT2D eigenvalue weighted by Crippen LogP contribution is 2.19. The summed E-state index contributed by atoms with van der Waals surface area (Å²) >= 11 is 0. The van der Waals surface area contributed by atoms with Crippen molar-refractivity contribution in [2.75, 3.05) is 27.3 Å². The van der Waals surface area contributed by atoms with Gasteiger partial charge in [-0.15, -0.1) is 0 Å². The van der Waals surface area contributed by atoms with Crippen LogP contribution in [0.1, 0.15) is 6.42 Å². The molecule has 0 aliphatic carbocycles. The summed E-state index contributed by atoms with van der Waals surface area (Å²) in [6.45, 7) is 1.68. The lowest BCUT2D eigenvalue weighted by atomic mass is 10.2. The van der Waals surface area contributed by atoms with Crippen LogP contribution >= 0.6 is 0 Å². The minimum atomic E-state index is 0.340. The topological polar surface area (TPSA) is 34.6 Å². The van der Waals surface area contributed by atoms with Gasteiger partial charge in [0, 0.05) is 25.9 Å². The van der Waals surface area contributed by atoms with Crippen molar-refractivity contribution in [2.24, 2.45) is 0 Å². The number of likely N-dealkylation sites (tertiary alicyclic amines) is 1. The molecule has 4 nitrogen and oxygen atoms in total. The third kappa shape index (κ3) is 2.71. The summed E-state index contributed by atoms with van der Waals surface area (Å²) in [5.41, 5.74) is 0. The van der Waals surface area contributed by atoms with Gasteiger partial charge in [0.05, 0.1) is 12.3 Å². The molecule has 16 heavy (non-hydrogen) atoms. The molecular formula is C12H18N2O2. The summed E-state index contributed by atoms with van der Waals surface area (Å²) in [6.07, 6.45) is 4.86. The van der Waals surface area contributed by atoms with Gasteiger partial charge in [0.25, 0.3) is 0 Å². The van der Waals surface area contributed by atoms with Crippen molar-refractivity contribution in [3.05, 3.63) is 24.5 Å². The van der Waals surface area contributed by atoms with E-state index in [-0.39, 0.29) is 0 Å². The molecule has 0 N–H and O–H groups in total. The molecule has 1 aromatic heterocycles. The molecule has 0 amide bonds. The fraction of sp³-hybridized carbons (Fsp3) is 0.583. The SMILES string of the molecule is CO[C@H]1CC(COc2cccnc2)N(C)C1. The zero-order valence-electron chi connectivity index (χ0n) is 9.80. The van der Waals surface area contributed by atoms with Crippen molar-refractivity contribution in [3.8, 4) is 5.75 Å². The smallest absolute Gasteiger partial charge is 0.137 e. The van der Waals surface area contributed by atoms with Crippen LogP contribution in [-0.2, 0) is 4.74 Å². The van der Waals surface area contributed by atoms with Crippen LogP contribution in [0, 0.1) is 0 Å². The Morgan fingerprint density at radius 2 is 2.44 bits per heavy atom. The first-order valence-electron chi connectivity index (χ1n) is 5.55. The molecular weight excluding hydrogens is 204 g/mol. The second-order valence-corrected chi connectivity index (χ2v) is 4.19. The number of hydrogen-bond acceptors (Lipinski definition) is 4. The maximum absolute atomic E-state index is 5.69. The van der Waals surface area contributed by atoms with Gasteiger partial charge in [-0.05, 0) is 25.6 Å². The standard InChI is InChI=1S/C12H18N2O2/c1-14-8-12(15-2)6-10(14)9-16-11-4-3-5-13-7-11/h3-5,7,10,12H,6,8-9H2,1-2H3/t10?,12-/m0/s1. The second-order valence-electron chi connectivity index (χ2n) is 4.19. The molecule has 2 rings (SSSR count). The number of nitrogens with zero attached hydrogens (tertiary/aromatic N) is 2. The molecule has 1 aliphatic rings. The lowest BCUT2D eigenvalue weighted by Crippen LogP contribution is -2.30. The van der Waals surface area contributed by atoms with Gasteiger partial charge in [-0.3, -0.25) is 9.88 Å². The predicted molar refractivity (Wildman–Crippen MR) is 61.6 cm³/mol. The molecule has 1 aromatic rings. The maximum atomic E-state index is 5.69. The molecule has 0 bridgehead atoms. The van der Waals surface area contributed by atoms with E-state index in [1.165, 1.54) is 0 Å². The van der Waals surface area contributed by atoms with Crippen molar-refractivity contribution in [2.45, 2.75) is 18.6 Å². The van der Waals surface area contributed by atoms with E-state index in [0.29, 0.717) is 18.8 Å². The minimum Gasteiger partial charge on any atom is -0.490 e. The van der Waals surface area contributed by atoms with Crippen LogP contribution in [0.25, 0.3) is 0 Å². The maximum Gasteiger partial charge on any atom is 0.137 e. The van der Waals surface area contributed by atoms with Gasteiger partial charge in [0.15, 0.2) is 0 Å². The molecule has 0 aromatic carbocycles. The van der Waals surface area contributed by atoms with Crippen LogP contribution in [0.2, 0.25) is 0 Å². The first-order chi connectivity index (χ1) is 7.79. The summed E-state index contributed by atoms with van der Waals surface area (Å²) in [5, 5.41) is 0. The molecule has 0 spiro atoms. The van der Waals surface area contributed by atoms with Gasteiger partial charge in [-0.25, -0.2) is 0 Å². The Labute approximate surface area is 96.2 Å². The summed E-state index contributed by atoms with van der Waals surface area (Å²) in [7, 11) is 3.87. The van der Waals surface area contributed by atoms with E-state index in [0.717, 1.165) is 18.7 Å². The Balaban J connectivity index is 1.82. The lowest BCUT2D eigenvalue weighted by molar-refractivity contribution is 0.111. The number of likely N-dealkylation sites (N-methyl/N-ethyl adjacent to an activating group) is 1. The molecule has 4 heteroatoms. The molecule has 1 saturated heterocycles. The Kier molecular flexibility index (Phi) is 3.74. The van der Waals surface area contributed by atoms with Gasteiger partial charge < -0.3 is 9.47 Å². The van der Waals surface area contributed by atoms with Crippen molar-refractivity contribution < 1.29 is 9.47 Å². The molecule has 1 fully saturated rings. The zero-order valence-corrected chi connectivity index (χ0v) is 9.80. The molecule has 88 valence electrons. The predicted octanol–water partition coefficient (Wildman–Crippen LogP) is 1.18. The number of rotatable bonds is 4. The van der Waals surface area contributed by atoms with Gasteiger partial charge in [-0.1, -0.05) is 0 Å². The minimum absolute atomic E-state index is 0.340. The summed E-state index contributed by atoms with van der Waals surface area (Å²) in [4.78, 5) is 6.30. The van der Waals surface area contributed by atoms with Crippen molar-refractivity contribution >= 4 is 0 Å². The van der Waals surface area contributed by atoms with E-state index in [1.807, 2.05) is 12.1 Å². The van der Waals surface area contributed by atoms with Crippen LogP contribution in [-0.4, -0.2) is 49.3 Å². The average Bonchev–Trinajstić information content (AvgIpc) is 2.69. The van der Waals surface area contributed by atoms with Crippen molar-refractivity contribution in [3.63, 3.8) is 0 Å². The van der Waals surface area contributed by atoms with E-state index in [1.54, 1.807) is 19.5 Å². The zero-order chi connectivity index (χ0) is 11.4. The largest absolute Gasteiger partial charge is 0.490 e. The van der Waals surface area contributed by atoms with E-state index >= 15 is 0 Å². The lowest BCUT2D eigenvalue weighted by Gasteiger charge is -2.18. The quantitative estimate of drug-likeness (QED) is 0.766. The monoisotopic (exact) mass is 222 g/mol. The Morgan fingerprint density at radius 3 is 3.06 bits per heavy atom. The van der Waals surface area contributed by atoms with Crippen LogP contribution in [0.15, 0.2) is 24.5 Å². The first-order valence-corrected chi connectivity index (χ1v) is 5.55.